The summed E-state index contributed by atoms with van der Waals surface area (Å²) >= 11 is 0. The first-order chi connectivity index (χ1) is 14.4. The van der Waals surface area contributed by atoms with Gasteiger partial charge in [0.2, 0.25) is 5.91 Å². The molecule has 1 aliphatic carbocycles. The summed E-state index contributed by atoms with van der Waals surface area (Å²) in [7, 11) is -3.28. The third-order valence-corrected chi connectivity index (χ3v) is 7.58. The smallest absolute Gasteiger partial charge is 0.340 e. The molecule has 1 saturated carbocycles. The van der Waals surface area contributed by atoms with Crippen molar-refractivity contribution < 1.29 is 22.7 Å². The number of carbonyl (C=O) groups is 2. The van der Waals surface area contributed by atoms with E-state index in [1.165, 1.54) is 0 Å². The van der Waals surface area contributed by atoms with Crippen LogP contribution in [0.5, 0.6) is 0 Å². The van der Waals surface area contributed by atoms with Gasteiger partial charge in [-0.3, -0.25) is 4.79 Å². The lowest BCUT2D eigenvalue weighted by Gasteiger charge is -2.14. The van der Waals surface area contributed by atoms with Gasteiger partial charge in [0.05, 0.1) is 28.9 Å². The summed E-state index contributed by atoms with van der Waals surface area (Å²) in [5.41, 5.74) is 2.31. The Morgan fingerprint density at radius 2 is 1.73 bits per heavy atom. The van der Waals surface area contributed by atoms with E-state index >= 15 is 0 Å². The lowest BCUT2D eigenvalue weighted by molar-refractivity contribution is -0.115. The fourth-order valence-electron chi connectivity index (χ4n) is 3.70. The minimum absolute atomic E-state index is 0.137. The lowest BCUT2D eigenvalue weighted by atomic mass is 10.0. The van der Waals surface area contributed by atoms with Crippen molar-refractivity contribution in [2.45, 2.75) is 44.3 Å². The molecule has 0 radical (unpaired) electrons. The number of benzene rings is 2. The second-order valence-corrected chi connectivity index (χ2v) is 9.82. The average Bonchev–Trinajstić information content (AvgIpc) is 3.29. The first-order valence-electron chi connectivity index (χ1n) is 10.3. The molecule has 1 amide bonds. The molecule has 3 rings (SSSR count). The van der Waals surface area contributed by atoms with E-state index < -0.39 is 21.7 Å². The normalized spacial score (nSPS) is 14.4. The summed E-state index contributed by atoms with van der Waals surface area (Å²) in [6, 6.07) is 14.7. The number of amides is 1. The highest BCUT2D eigenvalue weighted by atomic mass is 32.2. The van der Waals surface area contributed by atoms with Gasteiger partial charge in [-0.1, -0.05) is 49.2 Å². The predicted molar refractivity (Wildman–Crippen MR) is 117 cm³/mol. The number of anilines is 1. The Morgan fingerprint density at radius 1 is 1.03 bits per heavy atom. The number of carbonyl (C=O) groups excluding carboxylic acids is 2. The van der Waals surface area contributed by atoms with E-state index in [1.54, 1.807) is 19.1 Å². The van der Waals surface area contributed by atoms with Gasteiger partial charge in [0, 0.05) is 6.42 Å². The minimum Gasteiger partial charge on any atom is -0.462 e. The Hall–Kier alpha value is -2.67. The highest BCUT2D eigenvalue weighted by Crippen LogP contribution is 2.27. The van der Waals surface area contributed by atoms with Crippen LogP contribution in [0.25, 0.3) is 11.1 Å². The molecule has 2 aromatic rings. The SMILES string of the molecule is CCOC(=O)c1cc(-c2ccccc2)ccc1NC(=O)CCS(=O)(=O)C1CCCC1. The molecule has 6 nitrogen and oxygen atoms in total. The summed E-state index contributed by atoms with van der Waals surface area (Å²) in [4.78, 5) is 24.9. The summed E-state index contributed by atoms with van der Waals surface area (Å²) in [5, 5.41) is 2.36. The number of hydrogen-bond acceptors (Lipinski definition) is 5. The maximum absolute atomic E-state index is 12.5. The van der Waals surface area contributed by atoms with Crippen LogP contribution in [-0.4, -0.2) is 37.9 Å². The van der Waals surface area contributed by atoms with E-state index in [2.05, 4.69) is 5.32 Å². The zero-order chi connectivity index (χ0) is 21.6. The van der Waals surface area contributed by atoms with Gasteiger partial charge in [0.1, 0.15) is 0 Å². The second kappa shape index (κ2) is 9.89. The molecule has 160 valence electrons. The molecule has 1 aliphatic rings. The van der Waals surface area contributed by atoms with E-state index in [-0.39, 0.29) is 29.6 Å². The molecular formula is C23H27NO5S. The molecule has 2 aromatic carbocycles. The molecular weight excluding hydrogens is 402 g/mol. The van der Waals surface area contributed by atoms with Crippen LogP contribution in [0.1, 0.15) is 49.4 Å². The van der Waals surface area contributed by atoms with Crippen molar-refractivity contribution in [1.29, 1.82) is 0 Å². The molecule has 7 heteroatoms. The van der Waals surface area contributed by atoms with Gasteiger partial charge in [-0.15, -0.1) is 0 Å². The van der Waals surface area contributed by atoms with E-state index in [9.17, 15) is 18.0 Å². The summed E-state index contributed by atoms with van der Waals surface area (Å²) in [6.07, 6.45) is 3.07. The van der Waals surface area contributed by atoms with Gasteiger partial charge in [-0.2, -0.15) is 0 Å². The maximum Gasteiger partial charge on any atom is 0.340 e. The number of nitrogens with one attached hydrogen (secondary N) is 1. The number of rotatable bonds is 8. The fraction of sp³-hybridized carbons (Fsp3) is 0.391. The molecule has 0 spiro atoms. The highest BCUT2D eigenvalue weighted by Gasteiger charge is 2.29. The zero-order valence-corrected chi connectivity index (χ0v) is 17.9. The van der Waals surface area contributed by atoms with E-state index in [1.807, 2.05) is 36.4 Å². The maximum atomic E-state index is 12.5. The van der Waals surface area contributed by atoms with Crippen LogP contribution in [0.4, 0.5) is 5.69 Å². The van der Waals surface area contributed by atoms with Crippen molar-refractivity contribution in [1.82, 2.24) is 0 Å². The van der Waals surface area contributed by atoms with Crippen molar-refractivity contribution in [2.75, 3.05) is 17.7 Å². The van der Waals surface area contributed by atoms with Crippen LogP contribution in [0.2, 0.25) is 0 Å². The van der Waals surface area contributed by atoms with Crippen LogP contribution < -0.4 is 5.32 Å². The topological polar surface area (TPSA) is 89.5 Å². The van der Waals surface area contributed by atoms with Crippen molar-refractivity contribution in [3.63, 3.8) is 0 Å². The summed E-state index contributed by atoms with van der Waals surface area (Å²) < 4.78 is 29.9. The predicted octanol–water partition coefficient (Wildman–Crippen LogP) is 4.22. The average molecular weight is 430 g/mol. The van der Waals surface area contributed by atoms with Crippen molar-refractivity contribution in [2.24, 2.45) is 0 Å². The van der Waals surface area contributed by atoms with E-state index in [4.69, 9.17) is 4.74 Å². The van der Waals surface area contributed by atoms with E-state index in [0.717, 1.165) is 24.0 Å². The molecule has 0 aromatic heterocycles. The van der Waals surface area contributed by atoms with Crippen molar-refractivity contribution in [3.8, 4) is 11.1 Å². The van der Waals surface area contributed by atoms with Gasteiger partial charge in [-0.25, -0.2) is 13.2 Å². The molecule has 0 saturated heterocycles. The van der Waals surface area contributed by atoms with Crippen molar-refractivity contribution >= 4 is 27.4 Å². The second-order valence-electron chi connectivity index (χ2n) is 7.42. The van der Waals surface area contributed by atoms with Crippen molar-refractivity contribution in [3.05, 3.63) is 54.1 Å². The number of sulfone groups is 1. The van der Waals surface area contributed by atoms with Gasteiger partial charge in [0.15, 0.2) is 9.84 Å². The quantitative estimate of drug-likeness (QED) is 0.635. The number of hydrogen-bond donors (Lipinski definition) is 1. The molecule has 0 heterocycles. The Balaban J connectivity index is 1.75. The Kier molecular flexibility index (Phi) is 7.26. The molecule has 0 aliphatic heterocycles. The monoisotopic (exact) mass is 429 g/mol. The van der Waals surface area contributed by atoms with E-state index in [0.29, 0.717) is 18.5 Å². The zero-order valence-electron chi connectivity index (χ0n) is 17.1. The standard InChI is InChI=1S/C23H27NO5S/c1-2-29-23(26)20-16-18(17-8-4-3-5-9-17)12-13-21(20)24-22(25)14-15-30(27,28)19-10-6-7-11-19/h3-5,8-9,12-13,16,19H,2,6-7,10-11,14-15H2,1H3,(H,24,25). The van der Waals surface area contributed by atoms with Crippen LogP contribution in [-0.2, 0) is 19.4 Å². The molecule has 0 unspecified atom stereocenters. The molecule has 1 fully saturated rings. The molecule has 30 heavy (non-hydrogen) atoms. The van der Waals surface area contributed by atoms with Crippen LogP contribution >= 0.6 is 0 Å². The first kappa shape index (κ1) is 22.0. The minimum atomic E-state index is -3.28. The molecule has 1 N–H and O–H groups in total. The Labute approximate surface area is 177 Å². The third-order valence-electron chi connectivity index (χ3n) is 5.32. The van der Waals surface area contributed by atoms with Gasteiger partial charge >= 0.3 is 5.97 Å². The van der Waals surface area contributed by atoms with Crippen LogP contribution in [0, 0.1) is 0 Å². The third kappa shape index (κ3) is 5.48. The largest absolute Gasteiger partial charge is 0.462 e. The summed E-state index contributed by atoms with van der Waals surface area (Å²) in [6.45, 7) is 1.92. The number of ether oxygens (including phenoxy) is 1. The fourth-order valence-corrected chi connectivity index (χ4v) is 5.56. The molecule has 0 bridgehead atoms. The van der Waals surface area contributed by atoms with Crippen LogP contribution in [0.15, 0.2) is 48.5 Å². The highest BCUT2D eigenvalue weighted by molar-refractivity contribution is 7.92. The Morgan fingerprint density at radius 3 is 2.40 bits per heavy atom. The Bertz CT molecular complexity index is 996. The number of esters is 1. The lowest BCUT2D eigenvalue weighted by Crippen LogP contribution is -2.25. The summed E-state index contributed by atoms with van der Waals surface area (Å²) in [5.74, 6) is -1.15. The van der Waals surface area contributed by atoms with Gasteiger partial charge in [-0.05, 0) is 43.0 Å². The van der Waals surface area contributed by atoms with Gasteiger partial charge in [0.25, 0.3) is 0 Å². The van der Waals surface area contributed by atoms with Crippen LogP contribution in [0.3, 0.4) is 0 Å². The first-order valence-corrected chi connectivity index (χ1v) is 12.0. The molecule has 0 atom stereocenters. The van der Waals surface area contributed by atoms with Gasteiger partial charge < -0.3 is 10.1 Å².